The van der Waals surface area contributed by atoms with Crippen LogP contribution in [0.25, 0.3) is 0 Å². The van der Waals surface area contributed by atoms with Crippen LogP contribution in [0.5, 0.6) is 5.75 Å². The van der Waals surface area contributed by atoms with E-state index in [9.17, 15) is 4.79 Å². The molecule has 25 heavy (non-hydrogen) atoms. The molecule has 2 aromatic rings. The second-order valence-corrected chi connectivity index (χ2v) is 5.95. The summed E-state index contributed by atoms with van der Waals surface area (Å²) in [6, 6.07) is 14.8. The van der Waals surface area contributed by atoms with Crippen molar-refractivity contribution in [2.75, 3.05) is 42.8 Å². The van der Waals surface area contributed by atoms with E-state index in [1.54, 1.807) is 20.3 Å². The molecule has 0 saturated carbocycles. The second-order valence-electron chi connectivity index (χ2n) is 5.95. The summed E-state index contributed by atoms with van der Waals surface area (Å²) in [6.45, 7) is 1.89. The molecule has 132 valence electrons. The number of ether oxygens (including phenoxy) is 2. The number of rotatable bonds is 5. The number of carbonyl (C=O) groups is 1. The van der Waals surface area contributed by atoms with Gasteiger partial charge in [-0.25, -0.2) is 4.79 Å². The molecular formula is C19H23N3O3. The van der Waals surface area contributed by atoms with Crippen LogP contribution in [0, 0.1) is 0 Å². The maximum absolute atomic E-state index is 12.1. The first-order valence-corrected chi connectivity index (χ1v) is 8.28. The average molecular weight is 341 g/mol. The molecule has 1 heterocycles. The zero-order valence-electron chi connectivity index (χ0n) is 14.5. The fourth-order valence-corrected chi connectivity index (χ4v) is 2.90. The van der Waals surface area contributed by atoms with Gasteiger partial charge in [0, 0.05) is 43.3 Å². The van der Waals surface area contributed by atoms with Crippen LogP contribution < -0.4 is 20.3 Å². The summed E-state index contributed by atoms with van der Waals surface area (Å²) in [7, 11) is 3.35. The zero-order chi connectivity index (χ0) is 17.6. The summed E-state index contributed by atoms with van der Waals surface area (Å²) in [4.78, 5) is 14.4. The molecule has 1 unspecified atom stereocenters. The maximum Gasteiger partial charge on any atom is 0.323 e. The Morgan fingerprint density at radius 1 is 1.08 bits per heavy atom. The molecule has 0 radical (unpaired) electrons. The fraction of sp³-hybridized carbons (Fsp3) is 0.316. The standard InChI is InChI=1S/C19H23N3O3/c1-24-17-5-3-4-15(12-17)21-19(23)20-14-6-8-16(9-7-14)22-11-10-18(13-22)25-2/h3-9,12,18H,10-11,13H2,1-2H3,(H2,20,21,23). The van der Waals surface area contributed by atoms with E-state index in [2.05, 4.69) is 15.5 Å². The Balaban J connectivity index is 1.56. The van der Waals surface area contributed by atoms with Gasteiger partial charge < -0.3 is 25.0 Å². The minimum absolute atomic E-state index is 0.290. The number of amides is 2. The minimum atomic E-state index is -0.290. The van der Waals surface area contributed by atoms with Crippen molar-refractivity contribution in [2.45, 2.75) is 12.5 Å². The van der Waals surface area contributed by atoms with Gasteiger partial charge in [0.05, 0.1) is 13.2 Å². The Morgan fingerprint density at radius 2 is 1.84 bits per heavy atom. The summed E-state index contributed by atoms with van der Waals surface area (Å²) < 4.78 is 10.5. The van der Waals surface area contributed by atoms with Crippen molar-refractivity contribution in [1.29, 1.82) is 0 Å². The van der Waals surface area contributed by atoms with Crippen LogP contribution in [0.4, 0.5) is 21.9 Å². The molecule has 2 N–H and O–H groups in total. The van der Waals surface area contributed by atoms with Crippen LogP contribution in [0.1, 0.15) is 6.42 Å². The van der Waals surface area contributed by atoms with Gasteiger partial charge in [-0.05, 0) is 42.8 Å². The second kappa shape index (κ2) is 7.90. The molecule has 2 aromatic carbocycles. The van der Waals surface area contributed by atoms with Crippen molar-refractivity contribution in [1.82, 2.24) is 0 Å². The van der Waals surface area contributed by atoms with Gasteiger partial charge in [0.15, 0.2) is 0 Å². The van der Waals surface area contributed by atoms with E-state index in [1.165, 1.54) is 0 Å². The number of nitrogens with one attached hydrogen (secondary N) is 2. The predicted octanol–water partition coefficient (Wildman–Crippen LogP) is 3.56. The number of nitrogens with zero attached hydrogens (tertiary/aromatic N) is 1. The zero-order valence-corrected chi connectivity index (χ0v) is 14.5. The van der Waals surface area contributed by atoms with E-state index in [4.69, 9.17) is 9.47 Å². The Morgan fingerprint density at radius 3 is 2.52 bits per heavy atom. The number of anilines is 3. The van der Waals surface area contributed by atoms with Gasteiger partial charge in [-0.1, -0.05) is 6.07 Å². The van der Waals surface area contributed by atoms with E-state index in [0.717, 1.165) is 30.9 Å². The number of methoxy groups -OCH3 is 2. The van der Waals surface area contributed by atoms with E-state index in [-0.39, 0.29) is 6.03 Å². The Hall–Kier alpha value is -2.73. The van der Waals surface area contributed by atoms with Gasteiger partial charge >= 0.3 is 6.03 Å². The minimum Gasteiger partial charge on any atom is -0.497 e. The molecule has 0 bridgehead atoms. The van der Waals surface area contributed by atoms with Crippen LogP contribution in [-0.2, 0) is 4.74 Å². The van der Waals surface area contributed by atoms with Crippen LogP contribution in [-0.4, -0.2) is 39.4 Å². The van der Waals surface area contributed by atoms with Crippen molar-refractivity contribution in [3.05, 3.63) is 48.5 Å². The van der Waals surface area contributed by atoms with E-state index < -0.39 is 0 Å². The summed E-state index contributed by atoms with van der Waals surface area (Å²) in [5, 5.41) is 5.62. The summed E-state index contributed by atoms with van der Waals surface area (Å²) in [6.07, 6.45) is 1.34. The summed E-state index contributed by atoms with van der Waals surface area (Å²) in [5.41, 5.74) is 2.56. The van der Waals surface area contributed by atoms with Crippen molar-refractivity contribution < 1.29 is 14.3 Å². The first-order chi connectivity index (χ1) is 12.2. The first kappa shape index (κ1) is 17.1. The topological polar surface area (TPSA) is 62.8 Å². The number of benzene rings is 2. The molecule has 1 aliphatic heterocycles. The lowest BCUT2D eigenvalue weighted by molar-refractivity contribution is 0.121. The van der Waals surface area contributed by atoms with Gasteiger partial charge in [0.1, 0.15) is 5.75 Å². The molecule has 2 amide bonds. The third-order valence-electron chi connectivity index (χ3n) is 4.30. The highest BCUT2D eigenvalue weighted by Gasteiger charge is 2.22. The quantitative estimate of drug-likeness (QED) is 0.873. The van der Waals surface area contributed by atoms with Crippen LogP contribution in [0.2, 0.25) is 0 Å². The summed E-state index contributed by atoms with van der Waals surface area (Å²) in [5.74, 6) is 0.696. The first-order valence-electron chi connectivity index (χ1n) is 8.28. The van der Waals surface area contributed by atoms with Crippen molar-refractivity contribution in [3.63, 3.8) is 0 Å². The van der Waals surface area contributed by atoms with Gasteiger partial charge in [-0.2, -0.15) is 0 Å². The third kappa shape index (κ3) is 4.42. The lowest BCUT2D eigenvalue weighted by Gasteiger charge is -2.18. The van der Waals surface area contributed by atoms with Crippen molar-refractivity contribution >= 4 is 23.1 Å². The number of hydrogen-bond donors (Lipinski definition) is 2. The van der Waals surface area contributed by atoms with Crippen LogP contribution >= 0.6 is 0 Å². The summed E-state index contributed by atoms with van der Waals surface area (Å²) >= 11 is 0. The molecule has 3 rings (SSSR count). The lowest BCUT2D eigenvalue weighted by atomic mass is 10.2. The van der Waals surface area contributed by atoms with E-state index in [0.29, 0.717) is 17.5 Å². The Kier molecular flexibility index (Phi) is 5.40. The molecule has 6 heteroatoms. The van der Waals surface area contributed by atoms with Crippen molar-refractivity contribution in [2.24, 2.45) is 0 Å². The highest BCUT2D eigenvalue weighted by molar-refractivity contribution is 5.99. The predicted molar refractivity (Wildman–Crippen MR) is 99.7 cm³/mol. The number of carbonyl (C=O) groups excluding carboxylic acids is 1. The Bertz CT molecular complexity index is 718. The SMILES string of the molecule is COc1cccc(NC(=O)Nc2ccc(N3CCC(OC)C3)cc2)c1. The molecule has 1 saturated heterocycles. The maximum atomic E-state index is 12.1. The molecular weight excluding hydrogens is 318 g/mol. The largest absolute Gasteiger partial charge is 0.497 e. The molecule has 6 nitrogen and oxygen atoms in total. The van der Waals surface area contributed by atoms with E-state index >= 15 is 0 Å². The molecule has 1 fully saturated rings. The molecule has 0 aromatic heterocycles. The molecule has 1 aliphatic rings. The van der Waals surface area contributed by atoms with Gasteiger partial charge in [-0.15, -0.1) is 0 Å². The third-order valence-corrected chi connectivity index (χ3v) is 4.30. The smallest absolute Gasteiger partial charge is 0.323 e. The van der Waals surface area contributed by atoms with Crippen LogP contribution in [0.15, 0.2) is 48.5 Å². The molecule has 0 aliphatic carbocycles. The highest BCUT2D eigenvalue weighted by Crippen LogP contribution is 2.23. The average Bonchev–Trinajstić information content (AvgIpc) is 3.11. The highest BCUT2D eigenvalue weighted by atomic mass is 16.5. The normalized spacial score (nSPS) is 16.6. The monoisotopic (exact) mass is 341 g/mol. The van der Waals surface area contributed by atoms with Crippen molar-refractivity contribution in [3.8, 4) is 5.75 Å². The van der Waals surface area contributed by atoms with Gasteiger partial charge in [-0.3, -0.25) is 0 Å². The molecule has 1 atom stereocenters. The van der Waals surface area contributed by atoms with E-state index in [1.807, 2.05) is 42.5 Å². The number of hydrogen-bond acceptors (Lipinski definition) is 4. The van der Waals surface area contributed by atoms with Gasteiger partial charge in [0.25, 0.3) is 0 Å². The number of urea groups is 1. The lowest BCUT2D eigenvalue weighted by Crippen LogP contribution is -2.22. The van der Waals surface area contributed by atoms with Gasteiger partial charge in [0.2, 0.25) is 0 Å². The fourth-order valence-electron chi connectivity index (χ4n) is 2.90. The Labute approximate surface area is 147 Å². The molecule has 0 spiro atoms. The van der Waals surface area contributed by atoms with Crippen LogP contribution in [0.3, 0.4) is 0 Å².